The van der Waals surface area contributed by atoms with Crippen molar-refractivity contribution in [3.8, 4) is 0 Å². The number of benzene rings is 1. The molecule has 0 atom stereocenters. The minimum atomic E-state index is 0.0328. The third-order valence-electron chi connectivity index (χ3n) is 4.39. The summed E-state index contributed by atoms with van der Waals surface area (Å²) in [6.45, 7) is 6.32. The molecule has 0 saturated carbocycles. The smallest absolute Gasteiger partial charge is 0.239 e. The lowest BCUT2D eigenvalue weighted by molar-refractivity contribution is -0.119. The number of para-hydroxylation sites is 1. The van der Waals surface area contributed by atoms with Gasteiger partial charge in [0.25, 0.3) is 0 Å². The van der Waals surface area contributed by atoms with Crippen LogP contribution in [0.3, 0.4) is 0 Å². The topological polar surface area (TPSA) is 64.6 Å². The SMILES string of the molecule is CCCNC(=O)CNc1ccccc1CN1CCC(CO)CC1. The van der Waals surface area contributed by atoms with Gasteiger partial charge in [-0.2, -0.15) is 0 Å². The molecular formula is C18H29N3O2. The number of amides is 1. The monoisotopic (exact) mass is 319 g/mol. The van der Waals surface area contributed by atoms with Crippen molar-refractivity contribution in [2.45, 2.75) is 32.7 Å². The lowest BCUT2D eigenvalue weighted by atomic mass is 9.97. The summed E-state index contributed by atoms with van der Waals surface area (Å²) in [4.78, 5) is 14.2. The summed E-state index contributed by atoms with van der Waals surface area (Å²) in [6.07, 6.45) is 3.07. The number of likely N-dealkylation sites (tertiary alicyclic amines) is 1. The standard InChI is InChI=1S/C18H29N3O2/c1-2-9-19-18(23)12-20-17-6-4-3-5-16(17)13-21-10-7-15(14-22)8-11-21/h3-6,15,20,22H,2,7-14H2,1H3,(H,19,23). The van der Waals surface area contributed by atoms with Crippen LogP contribution < -0.4 is 10.6 Å². The molecule has 1 aliphatic rings. The number of anilines is 1. The molecule has 1 saturated heterocycles. The number of carbonyl (C=O) groups excluding carboxylic acids is 1. The first-order chi connectivity index (χ1) is 11.2. The second-order valence-corrected chi connectivity index (χ2v) is 6.26. The van der Waals surface area contributed by atoms with Crippen LogP contribution in [0.4, 0.5) is 5.69 Å². The van der Waals surface area contributed by atoms with E-state index in [1.54, 1.807) is 0 Å². The molecule has 0 bridgehead atoms. The number of carbonyl (C=O) groups is 1. The first kappa shape index (κ1) is 17.8. The highest BCUT2D eigenvalue weighted by Gasteiger charge is 2.19. The van der Waals surface area contributed by atoms with Crippen LogP contribution in [-0.4, -0.2) is 48.7 Å². The normalized spacial score (nSPS) is 16.3. The van der Waals surface area contributed by atoms with E-state index in [0.29, 0.717) is 19.1 Å². The molecular weight excluding hydrogens is 290 g/mol. The predicted octanol–water partition coefficient (Wildman–Crippen LogP) is 1.83. The quantitative estimate of drug-likeness (QED) is 0.684. The molecule has 1 aromatic rings. The summed E-state index contributed by atoms with van der Waals surface area (Å²) in [5.74, 6) is 0.493. The van der Waals surface area contributed by atoms with Crippen LogP contribution in [0.25, 0.3) is 0 Å². The largest absolute Gasteiger partial charge is 0.396 e. The van der Waals surface area contributed by atoms with Gasteiger partial charge in [0.1, 0.15) is 0 Å². The lowest BCUT2D eigenvalue weighted by Crippen LogP contribution is -2.34. The predicted molar refractivity (Wildman–Crippen MR) is 93.3 cm³/mol. The maximum absolute atomic E-state index is 11.7. The van der Waals surface area contributed by atoms with Gasteiger partial charge in [-0.25, -0.2) is 0 Å². The number of aliphatic hydroxyl groups excluding tert-OH is 1. The average Bonchev–Trinajstić information content (AvgIpc) is 2.60. The highest BCUT2D eigenvalue weighted by atomic mass is 16.3. The van der Waals surface area contributed by atoms with Crippen LogP contribution in [0.5, 0.6) is 0 Å². The van der Waals surface area contributed by atoms with Gasteiger partial charge in [0.05, 0.1) is 6.54 Å². The van der Waals surface area contributed by atoms with E-state index < -0.39 is 0 Å². The van der Waals surface area contributed by atoms with Crippen molar-refractivity contribution in [1.29, 1.82) is 0 Å². The summed E-state index contributed by atoms with van der Waals surface area (Å²) in [7, 11) is 0. The van der Waals surface area contributed by atoms with E-state index in [-0.39, 0.29) is 5.91 Å². The number of aliphatic hydroxyl groups is 1. The molecule has 1 amide bonds. The van der Waals surface area contributed by atoms with Crippen molar-refractivity contribution in [2.24, 2.45) is 5.92 Å². The molecule has 1 fully saturated rings. The summed E-state index contributed by atoms with van der Waals surface area (Å²) in [6, 6.07) is 8.18. The molecule has 1 heterocycles. The van der Waals surface area contributed by atoms with E-state index in [2.05, 4.69) is 21.6 Å². The molecule has 1 aromatic carbocycles. The summed E-state index contributed by atoms with van der Waals surface area (Å²) in [5.41, 5.74) is 2.25. The minimum Gasteiger partial charge on any atom is -0.396 e. The van der Waals surface area contributed by atoms with Crippen LogP contribution in [0.2, 0.25) is 0 Å². The fourth-order valence-electron chi connectivity index (χ4n) is 2.90. The molecule has 0 spiro atoms. The summed E-state index contributed by atoms with van der Waals surface area (Å²) in [5, 5.41) is 15.4. The first-order valence-electron chi connectivity index (χ1n) is 8.64. The average molecular weight is 319 g/mol. The number of hydrogen-bond donors (Lipinski definition) is 3. The Morgan fingerprint density at radius 1 is 1.30 bits per heavy atom. The number of nitrogens with one attached hydrogen (secondary N) is 2. The van der Waals surface area contributed by atoms with Crippen LogP contribution in [0.15, 0.2) is 24.3 Å². The minimum absolute atomic E-state index is 0.0328. The highest BCUT2D eigenvalue weighted by Crippen LogP contribution is 2.22. The second-order valence-electron chi connectivity index (χ2n) is 6.26. The Balaban J connectivity index is 1.86. The second kappa shape index (κ2) is 9.53. The number of hydrogen-bond acceptors (Lipinski definition) is 4. The van der Waals surface area contributed by atoms with Crippen molar-refractivity contribution in [3.63, 3.8) is 0 Å². The highest BCUT2D eigenvalue weighted by molar-refractivity contribution is 5.80. The zero-order valence-corrected chi connectivity index (χ0v) is 14.1. The zero-order chi connectivity index (χ0) is 16.5. The van der Waals surface area contributed by atoms with E-state index in [9.17, 15) is 9.90 Å². The van der Waals surface area contributed by atoms with E-state index >= 15 is 0 Å². The van der Waals surface area contributed by atoms with Gasteiger partial charge < -0.3 is 15.7 Å². The molecule has 0 radical (unpaired) electrons. The molecule has 2 rings (SSSR count). The van der Waals surface area contributed by atoms with Gasteiger partial charge in [-0.05, 0) is 49.9 Å². The molecule has 5 nitrogen and oxygen atoms in total. The molecule has 0 aliphatic carbocycles. The van der Waals surface area contributed by atoms with Gasteiger partial charge >= 0.3 is 0 Å². The van der Waals surface area contributed by atoms with Gasteiger partial charge in [-0.1, -0.05) is 25.1 Å². The third kappa shape index (κ3) is 5.84. The molecule has 5 heteroatoms. The molecule has 23 heavy (non-hydrogen) atoms. The van der Waals surface area contributed by atoms with Gasteiger partial charge in [0.2, 0.25) is 5.91 Å². The van der Waals surface area contributed by atoms with Crippen LogP contribution in [0.1, 0.15) is 31.7 Å². The molecule has 128 valence electrons. The molecule has 1 aliphatic heterocycles. The molecule has 0 unspecified atom stereocenters. The Labute approximate surface area is 139 Å². The Morgan fingerprint density at radius 3 is 2.74 bits per heavy atom. The maximum atomic E-state index is 11.7. The van der Waals surface area contributed by atoms with Crippen molar-refractivity contribution in [1.82, 2.24) is 10.2 Å². The Morgan fingerprint density at radius 2 is 2.04 bits per heavy atom. The third-order valence-corrected chi connectivity index (χ3v) is 4.39. The van der Waals surface area contributed by atoms with E-state index in [0.717, 1.165) is 51.1 Å². The number of rotatable bonds is 8. The summed E-state index contributed by atoms with van der Waals surface area (Å²) >= 11 is 0. The summed E-state index contributed by atoms with van der Waals surface area (Å²) < 4.78 is 0. The van der Waals surface area contributed by atoms with E-state index in [4.69, 9.17) is 0 Å². The number of piperidine rings is 1. The van der Waals surface area contributed by atoms with Crippen LogP contribution in [0, 0.1) is 5.92 Å². The van der Waals surface area contributed by atoms with Gasteiger partial charge in [-0.3, -0.25) is 9.69 Å². The Hall–Kier alpha value is -1.59. The number of nitrogens with zero attached hydrogens (tertiary/aromatic N) is 1. The van der Waals surface area contributed by atoms with Crippen LogP contribution >= 0.6 is 0 Å². The fraction of sp³-hybridized carbons (Fsp3) is 0.611. The van der Waals surface area contributed by atoms with Crippen molar-refractivity contribution in [3.05, 3.63) is 29.8 Å². The molecule has 0 aromatic heterocycles. The van der Waals surface area contributed by atoms with E-state index in [1.807, 2.05) is 25.1 Å². The molecule has 3 N–H and O–H groups in total. The lowest BCUT2D eigenvalue weighted by Gasteiger charge is -2.31. The zero-order valence-electron chi connectivity index (χ0n) is 14.1. The van der Waals surface area contributed by atoms with Crippen molar-refractivity contribution < 1.29 is 9.90 Å². The van der Waals surface area contributed by atoms with Crippen molar-refractivity contribution in [2.75, 3.05) is 38.1 Å². The van der Waals surface area contributed by atoms with Gasteiger partial charge in [-0.15, -0.1) is 0 Å². The fourth-order valence-corrected chi connectivity index (χ4v) is 2.90. The Bertz CT molecular complexity index is 485. The van der Waals surface area contributed by atoms with Crippen molar-refractivity contribution >= 4 is 11.6 Å². The Kier molecular flexibility index (Phi) is 7.36. The maximum Gasteiger partial charge on any atom is 0.239 e. The van der Waals surface area contributed by atoms with E-state index in [1.165, 1.54) is 5.56 Å². The van der Waals surface area contributed by atoms with Gasteiger partial charge in [0.15, 0.2) is 0 Å². The first-order valence-corrected chi connectivity index (χ1v) is 8.64. The van der Waals surface area contributed by atoms with Gasteiger partial charge in [0, 0.05) is 25.4 Å². The van der Waals surface area contributed by atoms with Crippen LogP contribution in [-0.2, 0) is 11.3 Å².